The van der Waals surface area contributed by atoms with Gasteiger partial charge in [0.15, 0.2) is 0 Å². The minimum Gasteiger partial charge on any atom is -0.311 e. The highest BCUT2D eigenvalue weighted by atomic mass is 127. The van der Waals surface area contributed by atoms with Gasteiger partial charge in [0.1, 0.15) is 0 Å². The van der Waals surface area contributed by atoms with Gasteiger partial charge in [-0.15, -0.1) is 0 Å². The lowest BCUT2D eigenvalue weighted by Crippen LogP contribution is -2.26. The maximum absolute atomic E-state index is 12.4. The number of benzene rings is 2. The minimum atomic E-state index is 0.0186. The van der Waals surface area contributed by atoms with E-state index in [-0.39, 0.29) is 5.91 Å². The smallest absolute Gasteiger partial charge is 0.258 e. The first kappa shape index (κ1) is 14.1. The van der Waals surface area contributed by atoms with E-state index in [1.807, 2.05) is 57.3 Å². The molecule has 0 aliphatic rings. The monoisotopic (exact) mass is 365 g/mol. The van der Waals surface area contributed by atoms with Crippen LogP contribution < -0.4 is 4.90 Å². The molecule has 0 atom stereocenters. The molecule has 1 amide bonds. The Labute approximate surface area is 127 Å². The zero-order valence-electron chi connectivity index (χ0n) is 11.3. The number of hydrogen-bond donors (Lipinski definition) is 0. The van der Waals surface area contributed by atoms with Crippen LogP contribution in [0.1, 0.15) is 21.5 Å². The second kappa shape index (κ2) is 5.74. The molecule has 3 heteroatoms. The van der Waals surface area contributed by atoms with Gasteiger partial charge in [-0.25, -0.2) is 0 Å². The molecule has 0 saturated heterocycles. The van der Waals surface area contributed by atoms with Gasteiger partial charge in [0, 0.05) is 21.9 Å². The van der Waals surface area contributed by atoms with Crippen molar-refractivity contribution < 1.29 is 4.79 Å². The van der Waals surface area contributed by atoms with Crippen LogP contribution in [0.15, 0.2) is 42.5 Å². The highest BCUT2D eigenvalue weighted by Gasteiger charge is 2.15. The number of amides is 1. The average Bonchev–Trinajstić information content (AvgIpc) is 2.41. The molecule has 2 rings (SSSR count). The van der Waals surface area contributed by atoms with Crippen LogP contribution in [0.2, 0.25) is 0 Å². The standard InChI is InChI=1S/C16H16INO/c1-11-4-5-12(2)15(10-11)18(3)16(19)13-6-8-14(17)9-7-13/h4-10H,1-3H3. The molecule has 2 aromatic carbocycles. The Hall–Kier alpha value is -1.36. The topological polar surface area (TPSA) is 20.3 Å². The summed E-state index contributed by atoms with van der Waals surface area (Å²) in [6.45, 7) is 4.05. The Bertz CT molecular complexity index is 605. The van der Waals surface area contributed by atoms with Crippen molar-refractivity contribution in [2.24, 2.45) is 0 Å². The largest absolute Gasteiger partial charge is 0.311 e. The fourth-order valence-corrected chi connectivity index (χ4v) is 2.34. The van der Waals surface area contributed by atoms with Crippen LogP contribution >= 0.6 is 22.6 Å². The van der Waals surface area contributed by atoms with E-state index >= 15 is 0 Å². The molecule has 0 aliphatic heterocycles. The molecule has 2 nitrogen and oxygen atoms in total. The molecule has 0 saturated carbocycles. The number of nitrogens with zero attached hydrogens (tertiary/aromatic N) is 1. The Balaban J connectivity index is 2.33. The van der Waals surface area contributed by atoms with Gasteiger partial charge in [0.2, 0.25) is 0 Å². The van der Waals surface area contributed by atoms with Crippen molar-refractivity contribution in [2.45, 2.75) is 13.8 Å². The summed E-state index contributed by atoms with van der Waals surface area (Å²) in [5, 5.41) is 0. The van der Waals surface area contributed by atoms with Crippen LogP contribution in [0.4, 0.5) is 5.69 Å². The first-order valence-electron chi connectivity index (χ1n) is 6.10. The predicted molar refractivity (Wildman–Crippen MR) is 87.8 cm³/mol. The van der Waals surface area contributed by atoms with Gasteiger partial charge in [0.25, 0.3) is 5.91 Å². The van der Waals surface area contributed by atoms with Crippen LogP contribution in [0.3, 0.4) is 0 Å². The Kier molecular flexibility index (Phi) is 4.24. The lowest BCUT2D eigenvalue weighted by atomic mass is 10.1. The van der Waals surface area contributed by atoms with Crippen molar-refractivity contribution in [3.05, 3.63) is 62.7 Å². The molecule has 0 aliphatic carbocycles. The van der Waals surface area contributed by atoms with Crippen LogP contribution in [0.25, 0.3) is 0 Å². The molecule has 0 N–H and O–H groups in total. The third-order valence-electron chi connectivity index (χ3n) is 3.12. The maximum Gasteiger partial charge on any atom is 0.258 e. The number of carbonyl (C=O) groups excluding carboxylic acids is 1. The number of carbonyl (C=O) groups is 1. The normalized spacial score (nSPS) is 10.3. The second-order valence-electron chi connectivity index (χ2n) is 4.66. The van der Waals surface area contributed by atoms with Crippen molar-refractivity contribution in [2.75, 3.05) is 11.9 Å². The van der Waals surface area contributed by atoms with Crippen molar-refractivity contribution >= 4 is 34.2 Å². The lowest BCUT2D eigenvalue weighted by Gasteiger charge is -2.20. The number of aryl methyl sites for hydroxylation is 2. The third kappa shape index (κ3) is 3.15. The van der Waals surface area contributed by atoms with E-state index in [9.17, 15) is 4.79 Å². The van der Waals surface area contributed by atoms with Gasteiger partial charge in [-0.3, -0.25) is 4.79 Å². The van der Waals surface area contributed by atoms with Crippen molar-refractivity contribution in [3.63, 3.8) is 0 Å². The van der Waals surface area contributed by atoms with Crippen LogP contribution in [0, 0.1) is 17.4 Å². The number of rotatable bonds is 2. The Morgan fingerprint density at radius 2 is 1.68 bits per heavy atom. The van der Waals surface area contributed by atoms with Gasteiger partial charge < -0.3 is 4.90 Å². The Morgan fingerprint density at radius 1 is 1.05 bits per heavy atom. The first-order chi connectivity index (χ1) is 8.99. The van der Waals surface area contributed by atoms with Gasteiger partial charge in [-0.2, -0.15) is 0 Å². The maximum atomic E-state index is 12.4. The predicted octanol–water partition coefficient (Wildman–Crippen LogP) is 4.18. The van der Waals surface area contributed by atoms with Crippen LogP contribution in [-0.2, 0) is 0 Å². The molecule has 0 radical (unpaired) electrons. The first-order valence-corrected chi connectivity index (χ1v) is 7.18. The van der Waals surface area contributed by atoms with Crippen molar-refractivity contribution in [1.29, 1.82) is 0 Å². The molecule has 98 valence electrons. The van der Waals surface area contributed by atoms with E-state index in [1.54, 1.807) is 4.90 Å². The summed E-state index contributed by atoms with van der Waals surface area (Å²) in [5.41, 5.74) is 3.93. The average molecular weight is 365 g/mol. The molecule has 0 fully saturated rings. The molecule has 2 aromatic rings. The summed E-state index contributed by atoms with van der Waals surface area (Å²) in [4.78, 5) is 14.2. The zero-order chi connectivity index (χ0) is 14.0. The molecule has 0 spiro atoms. The summed E-state index contributed by atoms with van der Waals surface area (Å²) in [5.74, 6) is 0.0186. The third-order valence-corrected chi connectivity index (χ3v) is 3.84. The van der Waals surface area contributed by atoms with Crippen LogP contribution in [0.5, 0.6) is 0 Å². The quantitative estimate of drug-likeness (QED) is 0.731. The lowest BCUT2D eigenvalue weighted by molar-refractivity contribution is 0.0993. The number of hydrogen-bond acceptors (Lipinski definition) is 1. The second-order valence-corrected chi connectivity index (χ2v) is 5.91. The summed E-state index contributed by atoms with van der Waals surface area (Å²) < 4.78 is 1.13. The SMILES string of the molecule is Cc1ccc(C)c(N(C)C(=O)c2ccc(I)cc2)c1. The number of anilines is 1. The van der Waals surface area contributed by atoms with Crippen LogP contribution in [-0.4, -0.2) is 13.0 Å². The van der Waals surface area contributed by atoms with Gasteiger partial charge >= 0.3 is 0 Å². The minimum absolute atomic E-state index is 0.0186. The van der Waals surface area contributed by atoms with E-state index in [0.717, 1.165) is 20.4 Å². The van der Waals surface area contributed by atoms with E-state index in [2.05, 4.69) is 28.7 Å². The molecular weight excluding hydrogens is 349 g/mol. The molecule has 0 bridgehead atoms. The molecular formula is C16H16INO. The van der Waals surface area contributed by atoms with E-state index < -0.39 is 0 Å². The molecule has 0 unspecified atom stereocenters. The highest BCUT2D eigenvalue weighted by Crippen LogP contribution is 2.22. The summed E-state index contributed by atoms with van der Waals surface area (Å²) in [7, 11) is 1.82. The van der Waals surface area contributed by atoms with E-state index in [0.29, 0.717) is 5.56 Å². The van der Waals surface area contributed by atoms with Gasteiger partial charge in [0.05, 0.1) is 0 Å². The Morgan fingerprint density at radius 3 is 2.32 bits per heavy atom. The number of halogens is 1. The van der Waals surface area contributed by atoms with Crippen molar-refractivity contribution in [3.8, 4) is 0 Å². The van der Waals surface area contributed by atoms with Crippen molar-refractivity contribution in [1.82, 2.24) is 0 Å². The molecule has 19 heavy (non-hydrogen) atoms. The van der Waals surface area contributed by atoms with E-state index in [1.165, 1.54) is 0 Å². The highest BCUT2D eigenvalue weighted by molar-refractivity contribution is 14.1. The fourth-order valence-electron chi connectivity index (χ4n) is 1.98. The van der Waals surface area contributed by atoms with Gasteiger partial charge in [-0.05, 0) is 77.9 Å². The zero-order valence-corrected chi connectivity index (χ0v) is 13.4. The summed E-state index contributed by atoms with van der Waals surface area (Å²) in [6, 6.07) is 13.8. The summed E-state index contributed by atoms with van der Waals surface area (Å²) in [6.07, 6.45) is 0. The van der Waals surface area contributed by atoms with Gasteiger partial charge in [-0.1, -0.05) is 12.1 Å². The molecule has 0 heterocycles. The van der Waals surface area contributed by atoms with E-state index in [4.69, 9.17) is 0 Å². The fraction of sp³-hybridized carbons (Fsp3) is 0.188. The molecule has 0 aromatic heterocycles. The summed E-state index contributed by atoms with van der Waals surface area (Å²) >= 11 is 2.23.